The van der Waals surface area contributed by atoms with E-state index in [4.69, 9.17) is 31.4 Å². The van der Waals surface area contributed by atoms with Crippen LogP contribution in [0, 0.1) is 0 Å². The topological polar surface area (TPSA) is 392 Å². The largest absolute Gasteiger partial charge is 0.394 e. The molecule has 15 N–H and O–H groups in total. The Morgan fingerprint density at radius 1 is 0.588 bits per heavy atom. The van der Waals surface area contributed by atoms with Crippen LogP contribution in [0.15, 0.2) is 51.2 Å². The van der Waals surface area contributed by atoms with E-state index in [1.807, 2.05) is 0 Å². The number of nitrogen functional groups attached to an aromatic ring is 3. The lowest BCUT2D eigenvalue weighted by molar-refractivity contribution is -0.399. The highest BCUT2D eigenvalue weighted by Gasteiger charge is 2.89. The number of aliphatic hydroxyl groups is 9. The van der Waals surface area contributed by atoms with Gasteiger partial charge in [-0.3, -0.25) is 13.7 Å². The highest BCUT2D eigenvalue weighted by Crippen LogP contribution is 2.64. The average molecular weight is 726 g/mol. The predicted molar refractivity (Wildman–Crippen MR) is 164 cm³/mol. The molecule has 3 aliphatic heterocycles. The van der Waals surface area contributed by atoms with Gasteiger partial charge in [-0.2, -0.15) is 15.0 Å². The van der Waals surface area contributed by atoms with E-state index in [2.05, 4.69) is 15.0 Å². The summed E-state index contributed by atoms with van der Waals surface area (Å²) in [6, 6.07) is 2.83. The molecular formula is C27H35N9O15. The van der Waals surface area contributed by atoms with Crippen molar-refractivity contribution in [2.24, 2.45) is 0 Å². The first kappa shape index (κ1) is 36.4. The van der Waals surface area contributed by atoms with Crippen molar-refractivity contribution in [3.05, 3.63) is 68.2 Å². The van der Waals surface area contributed by atoms with E-state index in [-0.39, 0.29) is 4.57 Å². The van der Waals surface area contributed by atoms with Crippen molar-refractivity contribution in [2.45, 2.75) is 71.6 Å². The Morgan fingerprint density at radius 2 is 0.961 bits per heavy atom. The molecule has 12 atom stereocenters. The van der Waals surface area contributed by atoms with Crippen LogP contribution in [0.1, 0.15) is 0 Å². The molecule has 3 aromatic rings. The molecule has 0 radical (unpaired) electrons. The van der Waals surface area contributed by atoms with Crippen LogP contribution in [0.25, 0.3) is 0 Å². The second-order valence-corrected chi connectivity index (χ2v) is 12.2. The van der Waals surface area contributed by atoms with Crippen LogP contribution in [0.3, 0.4) is 0 Å². The minimum absolute atomic E-state index is 0.285. The smallest absolute Gasteiger partial charge is 0.352 e. The summed E-state index contributed by atoms with van der Waals surface area (Å²) in [5.74, 6) is -1.31. The molecular weight excluding hydrogens is 690 g/mol. The maximum absolute atomic E-state index is 14.0. The van der Waals surface area contributed by atoms with Gasteiger partial charge in [0.05, 0.1) is 19.8 Å². The van der Waals surface area contributed by atoms with Crippen molar-refractivity contribution in [3.8, 4) is 0 Å². The minimum Gasteiger partial charge on any atom is -0.394 e. The van der Waals surface area contributed by atoms with Crippen molar-refractivity contribution in [1.82, 2.24) is 28.7 Å². The second kappa shape index (κ2) is 12.4. The van der Waals surface area contributed by atoms with E-state index in [1.165, 1.54) is 0 Å². The molecule has 0 amide bonds. The second-order valence-electron chi connectivity index (χ2n) is 12.2. The van der Waals surface area contributed by atoms with Gasteiger partial charge >= 0.3 is 17.1 Å². The molecule has 24 heteroatoms. The van der Waals surface area contributed by atoms with Crippen LogP contribution < -0.4 is 34.3 Å². The Kier molecular flexibility index (Phi) is 8.81. The third-order valence-corrected chi connectivity index (χ3v) is 9.59. The van der Waals surface area contributed by atoms with Gasteiger partial charge in [-0.25, -0.2) is 14.4 Å². The fourth-order valence-electron chi connectivity index (χ4n) is 7.44. The summed E-state index contributed by atoms with van der Waals surface area (Å²) in [5, 5.41) is 103. The molecule has 278 valence electrons. The number of rotatable bonds is 8. The van der Waals surface area contributed by atoms with E-state index in [0.29, 0.717) is 9.13 Å². The van der Waals surface area contributed by atoms with E-state index in [9.17, 15) is 60.3 Å². The molecule has 0 saturated carbocycles. The molecule has 0 unspecified atom stereocenters. The van der Waals surface area contributed by atoms with Crippen molar-refractivity contribution in [1.29, 1.82) is 0 Å². The van der Waals surface area contributed by atoms with Crippen LogP contribution in [0.4, 0.5) is 17.5 Å². The molecule has 0 aliphatic carbocycles. The number of aromatic nitrogens is 6. The van der Waals surface area contributed by atoms with Crippen LogP contribution in [0.5, 0.6) is 0 Å². The minimum atomic E-state index is -3.91. The first-order valence-electron chi connectivity index (χ1n) is 15.1. The molecule has 3 fully saturated rings. The molecule has 24 nitrogen and oxygen atoms in total. The summed E-state index contributed by atoms with van der Waals surface area (Å²) in [7, 11) is 0. The van der Waals surface area contributed by atoms with Gasteiger partial charge in [0.25, 0.3) is 0 Å². The zero-order chi connectivity index (χ0) is 37.4. The van der Waals surface area contributed by atoms with Gasteiger partial charge in [0, 0.05) is 18.6 Å². The lowest BCUT2D eigenvalue weighted by Crippen LogP contribution is -2.83. The lowest BCUT2D eigenvalue weighted by Gasteiger charge is -2.58. The summed E-state index contributed by atoms with van der Waals surface area (Å²) in [6.45, 7) is -3.56. The number of ether oxygens (including phenoxy) is 3. The number of anilines is 3. The van der Waals surface area contributed by atoms with Gasteiger partial charge < -0.3 is 77.4 Å². The van der Waals surface area contributed by atoms with Gasteiger partial charge in [-0.15, -0.1) is 0 Å². The van der Waals surface area contributed by atoms with E-state index >= 15 is 0 Å². The molecule has 6 rings (SSSR count). The maximum Gasteiger partial charge on any atom is 0.352 e. The van der Waals surface area contributed by atoms with Crippen LogP contribution in [0.2, 0.25) is 0 Å². The standard InChI is InChI=1S/C27H35N9O15/c28-13-1-4-34(21(45)31-13)25(19(43)16(40)10(7-37)49-25)24(48)18(42)12(9-39)51-27(24,36-6-3-15(30)33-23(36)47)26(20(44)17(41)11(8-38)50-26)35-5-2-14(29)32-22(35)46/h1-6,10-12,16-20,37-44,48H,7-9H2,(H2,28,31,45)(H2,29,32,46)(H2,30,33,47)/t10-,11-,12-,16-,17-,18-,19-,20-,24+,25+,26+,27+/m1/s1. The van der Waals surface area contributed by atoms with Crippen LogP contribution >= 0.6 is 0 Å². The predicted octanol–water partition coefficient (Wildman–Crippen LogP) is -8.83. The number of nitrogens with two attached hydrogens (primary N) is 3. The fraction of sp³-hybridized carbons (Fsp3) is 0.556. The average Bonchev–Trinajstić information content (AvgIpc) is 3.60. The maximum atomic E-state index is 14.0. The normalized spacial score (nSPS) is 39.5. The molecule has 0 spiro atoms. The van der Waals surface area contributed by atoms with Crippen molar-refractivity contribution < 1.29 is 60.2 Å². The molecule has 0 bridgehead atoms. The van der Waals surface area contributed by atoms with E-state index < -0.39 is 126 Å². The van der Waals surface area contributed by atoms with Gasteiger partial charge in [-0.1, -0.05) is 0 Å². The quantitative estimate of drug-likeness (QED) is 0.103. The number of nitrogens with zero attached hydrogens (tertiary/aromatic N) is 6. The summed E-state index contributed by atoms with van der Waals surface area (Å²) >= 11 is 0. The molecule has 6 heterocycles. The SMILES string of the molecule is Nc1ccn([C@]2([C@@]3(n4ccc(N)nc4=O)O[C@H](CO)[C@@H](O)[C@H]3O)O[C@H](CO)[C@@H](O)[C@]2(O)[C@@]2(n3ccc(N)nc3=O)O[C@H](CO)[C@@H](O)[C@H]2O)c(=O)n1. The zero-order valence-corrected chi connectivity index (χ0v) is 26.1. The van der Waals surface area contributed by atoms with Gasteiger partial charge in [-0.05, 0) is 18.2 Å². The van der Waals surface area contributed by atoms with Crippen molar-refractivity contribution in [3.63, 3.8) is 0 Å². The van der Waals surface area contributed by atoms with Gasteiger partial charge in [0.1, 0.15) is 66.3 Å². The van der Waals surface area contributed by atoms with Crippen molar-refractivity contribution >= 4 is 17.5 Å². The Hall–Kier alpha value is -4.44. The molecule has 3 saturated heterocycles. The first-order chi connectivity index (χ1) is 24.0. The number of aliphatic hydroxyl groups excluding tert-OH is 8. The summed E-state index contributed by atoms with van der Waals surface area (Å²) < 4.78 is 19.1. The highest BCUT2D eigenvalue weighted by atomic mass is 16.7. The Bertz CT molecular complexity index is 2000. The van der Waals surface area contributed by atoms with Gasteiger partial charge in [0.15, 0.2) is 5.60 Å². The molecule has 0 aromatic carbocycles. The zero-order valence-electron chi connectivity index (χ0n) is 26.1. The first-order valence-corrected chi connectivity index (χ1v) is 15.1. The summed E-state index contributed by atoms with van der Waals surface area (Å²) in [5.41, 5.74) is -1.78. The summed E-state index contributed by atoms with van der Waals surface area (Å²) in [6.07, 6.45) is -16.4. The number of hydrogen-bond acceptors (Lipinski definition) is 21. The lowest BCUT2D eigenvalue weighted by atomic mass is 9.68. The molecule has 51 heavy (non-hydrogen) atoms. The molecule has 3 aromatic heterocycles. The molecule has 3 aliphatic rings. The Labute approximate surface area is 283 Å². The Morgan fingerprint density at radius 3 is 1.35 bits per heavy atom. The third-order valence-electron chi connectivity index (χ3n) is 9.59. The Balaban J connectivity index is 1.91. The summed E-state index contributed by atoms with van der Waals surface area (Å²) in [4.78, 5) is 52.3. The van der Waals surface area contributed by atoms with Crippen LogP contribution in [-0.4, -0.2) is 149 Å². The third kappa shape index (κ3) is 4.50. The van der Waals surface area contributed by atoms with Crippen LogP contribution in [-0.2, 0) is 31.4 Å². The van der Waals surface area contributed by atoms with Gasteiger partial charge in [0.2, 0.25) is 17.2 Å². The van der Waals surface area contributed by atoms with E-state index in [1.54, 1.807) is 0 Å². The monoisotopic (exact) mass is 725 g/mol. The number of hydrogen-bond donors (Lipinski definition) is 12. The fourth-order valence-corrected chi connectivity index (χ4v) is 7.44. The van der Waals surface area contributed by atoms with Crippen molar-refractivity contribution in [2.75, 3.05) is 37.0 Å². The van der Waals surface area contributed by atoms with E-state index in [0.717, 1.165) is 36.8 Å². The highest BCUT2D eigenvalue weighted by molar-refractivity contribution is 5.33.